The molecule has 1 amide bonds. The van der Waals surface area contributed by atoms with E-state index in [1.807, 2.05) is 17.9 Å². The lowest BCUT2D eigenvalue weighted by Crippen LogP contribution is -2.48. The standard InChI is InChI=1S/C26H29N3O4S/c1-3-33-24-11-13-25(14-12-24)34(31,32)27-22-9-7-21(8-10-22)26(30)29-17-15-28(16-18-29)23-6-4-5-20(2)19-23/h4-14,19,27H,3,15-18H2,1-2H3. The Hall–Kier alpha value is -3.52. The Kier molecular flexibility index (Phi) is 7.07. The summed E-state index contributed by atoms with van der Waals surface area (Å²) in [7, 11) is -3.74. The van der Waals surface area contributed by atoms with Crippen LogP contribution < -0.4 is 14.4 Å². The second-order valence-electron chi connectivity index (χ2n) is 8.21. The van der Waals surface area contributed by atoms with Crippen LogP contribution in [0.4, 0.5) is 11.4 Å². The van der Waals surface area contributed by atoms with Gasteiger partial charge in [0.1, 0.15) is 5.75 Å². The smallest absolute Gasteiger partial charge is 0.261 e. The highest BCUT2D eigenvalue weighted by molar-refractivity contribution is 7.92. The topological polar surface area (TPSA) is 78.9 Å². The van der Waals surface area contributed by atoms with Crippen molar-refractivity contribution in [2.75, 3.05) is 42.4 Å². The maximum Gasteiger partial charge on any atom is 0.261 e. The molecule has 0 aromatic heterocycles. The fourth-order valence-corrected chi connectivity index (χ4v) is 5.01. The van der Waals surface area contributed by atoms with E-state index in [1.54, 1.807) is 36.4 Å². The Morgan fingerprint density at radius 1 is 0.941 bits per heavy atom. The molecule has 0 unspecified atom stereocenters. The number of nitrogens with one attached hydrogen (secondary N) is 1. The van der Waals surface area contributed by atoms with E-state index in [-0.39, 0.29) is 10.8 Å². The van der Waals surface area contributed by atoms with Gasteiger partial charge in [0, 0.05) is 43.1 Å². The van der Waals surface area contributed by atoms with Crippen LogP contribution in [0.15, 0.2) is 77.7 Å². The molecule has 0 radical (unpaired) electrons. The Morgan fingerprint density at radius 2 is 1.62 bits per heavy atom. The number of hydrogen-bond donors (Lipinski definition) is 1. The molecule has 1 aliphatic heterocycles. The van der Waals surface area contributed by atoms with E-state index < -0.39 is 10.0 Å². The summed E-state index contributed by atoms with van der Waals surface area (Å²) in [4.78, 5) is 17.2. The third kappa shape index (κ3) is 5.51. The fraction of sp³-hybridized carbons (Fsp3) is 0.269. The minimum absolute atomic E-state index is 0.0511. The molecule has 3 aromatic carbocycles. The molecule has 0 aliphatic carbocycles. The molecular formula is C26H29N3O4S. The van der Waals surface area contributed by atoms with Crippen LogP contribution in [0.2, 0.25) is 0 Å². The first-order valence-corrected chi connectivity index (χ1v) is 12.8. The van der Waals surface area contributed by atoms with Crippen LogP contribution in [0.25, 0.3) is 0 Å². The number of nitrogens with zero attached hydrogens (tertiary/aromatic N) is 2. The Morgan fingerprint density at radius 3 is 2.24 bits per heavy atom. The first kappa shape index (κ1) is 23.6. The van der Waals surface area contributed by atoms with Crippen molar-refractivity contribution >= 4 is 27.3 Å². The fourth-order valence-electron chi connectivity index (χ4n) is 3.95. The number of hydrogen-bond acceptors (Lipinski definition) is 5. The minimum Gasteiger partial charge on any atom is -0.494 e. The molecule has 7 nitrogen and oxygen atoms in total. The number of piperazine rings is 1. The molecule has 1 saturated heterocycles. The maximum atomic E-state index is 13.0. The summed E-state index contributed by atoms with van der Waals surface area (Å²) >= 11 is 0. The van der Waals surface area contributed by atoms with E-state index in [4.69, 9.17) is 4.74 Å². The van der Waals surface area contributed by atoms with Gasteiger partial charge < -0.3 is 14.5 Å². The summed E-state index contributed by atoms with van der Waals surface area (Å²) in [6.45, 7) is 7.27. The summed E-state index contributed by atoms with van der Waals surface area (Å²) in [6.07, 6.45) is 0. The van der Waals surface area contributed by atoms with E-state index in [0.717, 1.165) is 13.1 Å². The van der Waals surface area contributed by atoms with Gasteiger partial charge >= 0.3 is 0 Å². The zero-order chi connectivity index (χ0) is 24.1. The number of carbonyl (C=O) groups excluding carboxylic acids is 1. The molecule has 34 heavy (non-hydrogen) atoms. The number of rotatable bonds is 7. The van der Waals surface area contributed by atoms with Crippen LogP contribution in [0, 0.1) is 6.92 Å². The summed E-state index contributed by atoms with van der Waals surface area (Å²) in [6, 6.07) is 21.2. The molecule has 0 atom stereocenters. The summed E-state index contributed by atoms with van der Waals surface area (Å²) in [5, 5.41) is 0. The van der Waals surface area contributed by atoms with Crippen LogP contribution in [0.5, 0.6) is 5.75 Å². The maximum absolute atomic E-state index is 13.0. The molecule has 1 aliphatic rings. The third-order valence-corrected chi connectivity index (χ3v) is 7.16. The molecule has 1 fully saturated rings. The first-order valence-electron chi connectivity index (χ1n) is 11.3. The Balaban J connectivity index is 1.36. The number of amides is 1. The van der Waals surface area contributed by atoms with E-state index in [0.29, 0.717) is 36.7 Å². The van der Waals surface area contributed by atoms with Crippen molar-refractivity contribution in [2.45, 2.75) is 18.7 Å². The molecule has 1 heterocycles. The summed E-state index contributed by atoms with van der Waals surface area (Å²) < 4.78 is 33.3. The first-order chi connectivity index (χ1) is 16.4. The molecular weight excluding hydrogens is 450 g/mol. The minimum atomic E-state index is -3.74. The van der Waals surface area contributed by atoms with Gasteiger partial charge in [-0.2, -0.15) is 0 Å². The molecule has 1 N–H and O–H groups in total. The number of benzene rings is 3. The average molecular weight is 480 g/mol. The van der Waals surface area contributed by atoms with Gasteiger partial charge in [-0.25, -0.2) is 8.42 Å². The normalized spacial score (nSPS) is 14.1. The highest BCUT2D eigenvalue weighted by Gasteiger charge is 2.22. The lowest BCUT2D eigenvalue weighted by Gasteiger charge is -2.36. The van der Waals surface area contributed by atoms with E-state index >= 15 is 0 Å². The van der Waals surface area contributed by atoms with Crippen molar-refractivity contribution in [1.29, 1.82) is 0 Å². The van der Waals surface area contributed by atoms with Gasteiger partial charge in [0.25, 0.3) is 15.9 Å². The molecule has 0 spiro atoms. The van der Waals surface area contributed by atoms with Crippen molar-refractivity contribution in [3.05, 3.63) is 83.9 Å². The lowest BCUT2D eigenvalue weighted by molar-refractivity contribution is 0.0747. The van der Waals surface area contributed by atoms with Crippen LogP contribution >= 0.6 is 0 Å². The number of anilines is 2. The average Bonchev–Trinajstić information content (AvgIpc) is 2.84. The van der Waals surface area contributed by atoms with Gasteiger partial charge in [0.05, 0.1) is 11.5 Å². The van der Waals surface area contributed by atoms with Gasteiger partial charge in [-0.3, -0.25) is 9.52 Å². The number of ether oxygens (including phenoxy) is 1. The third-order valence-electron chi connectivity index (χ3n) is 5.76. The monoisotopic (exact) mass is 479 g/mol. The zero-order valence-electron chi connectivity index (χ0n) is 19.4. The lowest BCUT2D eigenvalue weighted by atomic mass is 10.1. The highest BCUT2D eigenvalue weighted by Crippen LogP contribution is 2.21. The van der Waals surface area contributed by atoms with Crippen LogP contribution in [-0.4, -0.2) is 52.0 Å². The summed E-state index contributed by atoms with van der Waals surface area (Å²) in [5.74, 6) is 0.564. The van der Waals surface area contributed by atoms with E-state index in [1.165, 1.54) is 23.4 Å². The van der Waals surface area contributed by atoms with Gasteiger partial charge in [-0.15, -0.1) is 0 Å². The van der Waals surface area contributed by atoms with Crippen molar-refractivity contribution in [2.24, 2.45) is 0 Å². The SMILES string of the molecule is CCOc1ccc(S(=O)(=O)Nc2ccc(C(=O)N3CCN(c4cccc(C)c4)CC3)cc2)cc1. The Bertz CT molecular complexity index is 1230. The van der Waals surface area contributed by atoms with Crippen LogP contribution in [0.1, 0.15) is 22.8 Å². The number of sulfonamides is 1. The van der Waals surface area contributed by atoms with Gasteiger partial charge in [0.2, 0.25) is 0 Å². The summed E-state index contributed by atoms with van der Waals surface area (Å²) in [5.41, 5.74) is 3.33. The molecule has 8 heteroatoms. The van der Waals surface area contributed by atoms with E-state index in [2.05, 4.69) is 34.7 Å². The number of aryl methyl sites for hydroxylation is 1. The van der Waals surface area contributed by atoms with Crippen LogP contribution in [-0.2, 0) is 10.0 Å². The molecule has 178 valence electrons. The largest absolute Gasteiger partial charge is 0.494 e. The van der Waals surface area contributed by atoms with Gasteiger partial charge in [-0.05, 0) is 80.1 Å². The molecule has 4 rings (SSSR count). The quantitative estimate of drug-likeness (QED) is 0.551. The van der Waals surface area contributed by atoms with Gasteiger partial charge in [0.15, 0.2) is 0 Å². The Labute approximate surface area is 201 Å². The van der Waals surface area contributed by atoms with Crippen molar-refractivity contribution in [3.8, 4) is 5.75 Å². The predicted octanol–water partition coefficient (Wildman–Crippen LogP) is 4.16. The molecule has 3 aromatic rings. The van der Waals surface area contributed by atoms with Crippen molar-refractivity contribution in [3.63, 3.8) is 0 Å². The van der Waals surface area contributed by atoms with Crippen molar-refractivity contribution in [1.82, 2.24) is 4.90 Å². The number of carbonyl (C=O) groups is 1. The van der Waals surface area contributed by atoms with Crippen LogP contribution in [0.3, 0.4) is 0 Å². The zero-order valence-corrected chi connectivity index (χ0v) is 20.2. The van der Waals surface area contributed by atoms with E-state index in [9.17, 15) is 13.2 Å². The molecule has 0 bridgehead atoms. The molecule has 0 saturated carbocycles. The van der Waals surface area contributed by atoms with Gasteiger partial charge in [-0.1, -0.05) is 12.1 Å². The highest BCUT2D eigenvalue weighted by atomic mass is 32.2. The predicted molar refractivity (Wildman–Crippen MR) is 134 cm³/mol. The van der Waals surface area contributed by atoms with Crippen molar-refractivity contribution < 1.29 is 17.9 Å². The second-order valence-corrected chi connectivity index (χ2v) is 9.89. The second kappa shape index (κ2) is 10.2.